The van der Waals surface area contributed by atoms with Crippen molar-refractivity contribution in [1.82, 2.24) is 4.90 Å². The fourth-order valence-electron chi connectivity index (χ4n) is 4.11. The highest BCUT2D eigenvalue weighted by Gasteiger charge is 2.56. The molecular formula is C13H23NO4S. The Morgan fingerprint density at radius 3 is 2.37 bits per heavy atom. The Kier molecular flexibility index (Phi) is 3.20. The second-order valence-corrected chi connectivity index (χ2v) is 8.49. The largest absolute Gasteiger partial charge is 0.381 e. The van der Waals surface area contributed by atoms with Crippen LogP contribution in [-0.4, -0.2) is 55.5 Å². The average molecular weight is 289 g/mol. The van der Waals surface area contributed by atoms with Gasteiger partial charge in [-0.3, -0.25) is 9.45 Å². The molecule has 1 saturated carbocycles. The molecule has 0 radical (unpaired) electrons. The third-order valence-electron chi connectivity index (χ3n) is 5.28. The highest BCUT2D eigenvalue weighted by atomic mass is 32.2. The van der Waals surface area contributed by atoms with Gasteiger partial charge in [0.1, 0.15) is 0 Å². The lowest BCUT2D eigenvalue weighted by molar-refractivity contribution is -0.154. The van der Waals surface area contributed by atoms with Crippen molar-refractivity contribution in [2.75, 3.05) is 32.1 Å². The monoisotopic (exact) mass is 289 g/mol. The van der Waals surface area contributed by atoms with Crippen LogP contribution in [0.25, 0.3) is 0 Å². The first-order valence-corrected chi connectivity index (χ1v) is 8.69. The Morgan fingerprint density at radius 1 is 1.26 bits per heavy atom. The molecule has 110 valence electrons. The molecule has 1 spiro atoms. The van der Waals surface area contributed by atoms with Crippen molar-refractivity contribution >= 4 is 10.1 Å². The first-order chi connectivity index (χ1) is 8.80. The number of likely N-dealkylation sites (tertiary alicyclic amines) is 1. The first-order valence-electron chi connectivity index (χ1n) is 7.08. The molecule has 0 aromatic heterocycles. The van der Waals surface area contributed by atoms with Gasteiger partial charge in [0.15, 0.2) is 0 Å². The van der Waals surface area contributed by atoms with Crippen LogP contribution in [0, 0.1) is 11.3 Å². The molecule has 0 unspecified atom stereocenters. The minimum Gasteiger partial charge on any atom is -0.381 e. The van der Waals surface area contributed by atoms with E-state index in [0.29, 0.717) is 5.41 Å². The van der Waals surface area contributed by atoms with Crippen LogP contribution < -0.4 is 0 Å². The predicted octanol–water partition coefficient (Wildman–Crippen LogP) is 1.16. The quantitative estimate of drug-likeness (QED) is 0.790. The summed E-state index contributed by atoms with van der Waals surface area (Å²) < 4.78 is 36.0. The molecule has 2 heterocycles. The molecule has 2 saturated heterocycles. The molecule has 3 aliphatic rings. The molecule has 6 heteroatoms. The van der Waals surface area contributed by atoms with Gasteiger partial charge in [-0.2, -0.15) is 8.42 Å². The van der Waals surface area contributed by atoms with Crippen LogP contribution in [0.5, 0.6) is 0 Å². The smallest absolute Gasteiger partial charge is 0.265 e. The third kappa shape index (κ3) is 2.68. The number of hydrogen-bond donors (Lipinski definition) is 1. The minimum absolute atomic E-state index is 0.0557. The maximum atomic E-state index is 10.8. The first kappa shape index (κ1) is 13.8. The molecule has 0 aromatic carbocycles. The van der Waals surface area contributed by atoms with Gasteiger partial charge in [-0.25, -0.2) is 0 Å². The summed E-state index contributed by atoms with van der Waals surface area (Å²) in [5.41, 5.74) is 0.619. The van der Waals surface area contributed by atoms with Crippen LogP contribution in [0.15, 0.2) is 0 Å². The van der Waals surface area contributed by atoms with Crippen molar-refractivity contribution in [3.8, 4) is 0 Å². The van der Waals surface area contributed by atoms with Crippen LogP contribution in [-0.2, 0) is 14.9 Å². The van der Waals surface area contributed by atoms with Gasteiger partial charge < -0.3 is 4.74 Å². The summed E-state index contributed by atoms with van der Waals surface area (Å²) in [4.78, 5) is 2.54. The van der Waals surface area contributed by atoms with Crippen LogP contribution in [0.4, 0.5) is 0 Å². The van der Waals surface area contributed by atoms with Crippen molar-refractivity contribution in [2.45, 2.75) is 38.1 Å². The van der Waals surface area contributed by atoms with Crippen LogP contribution in [0.3, 0.4) is 0 Å². The minimum atomic E-state index is -3.79. The fraction of sp³-hybridized carbons (Fsp3) is 1.00. The van der Waals surface area contributed by atoms with Crippen molar-refractivity contribution in [3.63, 3.8) is 0 Å². The van der Waals surface area contributed by atoms with E-state index in [9.17, 15) is 8.42 Å². The van der Waals surface area contributed by atoms with Crippen LogP contribution in [0.2, 0.25) is 0 Å². The van der Waals surface area contributed by atoms with Crippen molar-refractivity contribution in [2.24, 2.45) is 11.3 Å². The molecule has 1 N–H and O–H groups in total. The molecule has 0 atom stereocenters. The zero-order valence-electron chi connectivity index (χ0n) is 11.5. The van der Waals surface area contributed by atoms with E-state index < -0.39 is 10.1 Å². The van der Waals surface area contributed by atoms with Gasteiger partial charge in [0.05, 0.1) is 5.75 Å². The zero-order chi connectivity index (χ0) is 13.7. The lowest BCUT2D eigenvalue weighted by Gasteiger charge is -2.64. The van der Waals surface area contributed by atoms with Gasteiger partial charge in [0, 0.05) is 31.8 Å². The Labute approximate surface area is 115 Å². The zero-order valence-corrected chi connectivity index (χ0v) is 12.3. The average Bonchev–Trinajstić information content (AvgIpc) is 2.18. The molecule has 3 rings (SSSR count). The maximum absolute atomic E-state index is 10.8. The number of ether oxygens (including phenoxy) is 1. The van der Waals surface area contributed by atoms with Gasteiger partial charge >= 0.3 is 0 Å². The second-order valence-electron chi connectivity index (χ2n) is 6.99. The number of rotatable bonds is 3. The molecule has 3 fully saturated rings. The van der Waals surface area contributed by atoms with E-state index in [1.54, 1.807) is 0 Å². The van der Waals surface area contributed by atoms with E-state index in [1.165, 1.54) is 0 Å². The fourth-order valence-corrected chi connectivity index (χ4v) is 4.94. The van der Waals surface area contributed by atoms with E-state index >= 15 is 0 Å². The predicted molar refractivity (Wildman–Crippen MR) is 71.6 cm³/mol. The highest BCUT2D eigenvalue weighted by molar-refractivity contribution is 7.85. The van der Waals surface area contributed by atoms with E-state index in [2.05, 4.69) is 11.8 Å². The highest BCUT2D eigenvalue weighted by Crippen LogP contribution is 2.54. The summed E-state index contributed by atoms with van der Waals surface area (Å²) in [5, 5.41) is 0. The molecule has 2 aliphatic heterocycles. The lowest BCUT2D eigenvalue weighted by Crippen LogP contribution is -2.69. The SMILES string of the molecule is CC1(N2CC3(CC(CS(=O)(=O)O)C3)C2)CCOCC1. The van der Waals surface area contributed by atoms with Gasteiger partial charge in [-0.15, -0.1) is 0 Å². The molecule has 0 bridgehead atoms. The molecule has 19 heavy (non-hydrogen) atoms. The Bertz CT molecular complexity index is 441. The van der Waals surface area contributed by atoms with E-state index in [-0.39, 0.29) is 17.2 Å². The Hall–Kier alpha value is -0.170. The summed E-state index contributed by atoms with van der Waals surface area (Å²) in [6.45, 7) is 6.20. The normalized spacial score (nSPS) is 30.8. The van der Waals surface area contributed by atoms with Gasteiger partial charge in [0.25, 0.3) is 10.1 Å². The summed E-state index contributed by atoms with van der Waals surface area (Å²) >= 11 is 0. The summed E-state index contributed by atoms with van der Waals surface area (Å²) in [5.74, 6) is 0.111. The summed E-state index contributed by atoms with van der Waals surface area (Å²) in [7, 11) is -3.79. The van der Waals surface area contributed by atoms with Crippen LogP contribution in [0.1, 0.15) is 32.6 Å². The van der Waals surface area contributed by atoms with E-state index in [1.807, 2.05) is 0 Å². The standard InChI is InChI=1S/C13H23NO4S/c1-12(2-4-18-5-3-12)14-9-13(10-14)6-11(7-13)8-19(15,16)17/h11H,2-10H2,1H3,(H,15,16,17). The van der Waals surface area contributed by atoms with Crippen molar-refractivity contribution < 1.29 is 17.7 Å². The molecule has 5 nitrogen and oxygen atoms in total. The van der Waals surface area contributed by atoms with Gasteiger partial charge in [-0.1, -0.05) is 0 Å². The van der Waals surface area contributed by atoms with Crippen molar-refractivity contribution in [3.05, 3.63) is 0 Å². The number of nitrogens with zero attached hydrogens (tertiary/aromatic N) is 1. The third-order valence-corrected chi connectivity index (χ3v) is 6.17. The van der Waals surface area contributed by atoms with Crippen LogP contribution >= 0.6 is 0 Å². The van der Waals surface area contributed by atoms with Gasteiger partial charge in [0.2, 0.25) is 0 Å². The Balaban J connectivity index is 1.49. The second kappa shape index (κ2) is 4.41. The van der Waals surface area contributed by atoms with Gasteiger partial charge in [-0.05, 0) is 43.9 Å². The lowest BCUT2D eigenvalue weighted by atomic mass is 9.57. The molecule has 1 aliphatic carbocycles. The summed E-state index contributed by atoms with van der Waals surface area (Å²) in [6.07, 6.45) is 4.10. The molecule has 0 aromatic rings. The van der Waals surface area contributed by atoms with Crippen molar-refractivity contribution in [1.29, 1.82) is 0 Å². The topological polar surface area (TPSA) is 66.8 Å². The molecular weight excluding hydrogens is 266 g/mol. The summed E-state index contributed by atoms with van der Waals surface area (Å²) in [6, 6.07) is 0. The maximum Gasteiger partial charge on any atom is 0.265 e. The van der Waals surface area contributed by atoms with E-state index in [0.717, 1.165) is 52.0 Å². The Morgan fingerprint density at radius 2 is 1.84 bits per heavy atom. The number of hydrogen-bond acceptors (Lipinski definition) is 4. The van der Waals surface area contributed by atoms with E-state index in [4.69, 9.17) is 9.29 Å². The molecule has 0 amide bonds.